The van der Waals surface area contributed by atoms with Crippen LogP contribution in [0.1, 0.15) is 80.4 Å². The minimum atomic E-state index is -0.306. The molecule has 3 aliphatic rings. The third-order valence-corrected chi connectivity index (χ3v) is 7.75. The average Bonchev–Trinajstić information content (AvgIpc) is 3.47. The van der Waals surface area contributed by atoms with Gasteiger partial charge in [0, 0.05) is 30.3 Å². The standard InChI is InChI=1S/C30H29N3O3/c34-27(32-28-23-13-6-7-15-25(23)31-26-16-8-14-24(26)28)17-20(19-9-2-1-3-10-19)18-33-29(35)21-11-4-5-12-22(21)30(33)36/h1-5,9-12,20H,6-8,13-18H2,(H,31,32,34). The van der Waals surface area contributed by atoms with Crippen molar-refractivity contribution in [3.63, 3.8) is 0 Å². The molecule has 6 nitrogen and oxygen atoms in total. The van der Waals surface area contributed by atoms with E-state index in [-0.39, 0.29) is 36.6 Å². The van der Waals surface area contributed by atoms with Crippen LogP contribution < -0.4 is 5.32 Å². The highest BCUT2D eigenvalue weighted by Crippen LogP contribution is 2.36. The molecule has 0 saturated carbocycles. The van der Waals surface area contributed by atoms with Crippen LogP contribution in [-0.4, -0.2) is 34.2 Å². The molecule has 2 aliphatic carbocycles. The molecule has 182 valence electrons. The number of benzene rings is 2. The number of carbonyl (C=O) groups is 3. The summed E-state index contributed by atoms with van der Waals surface area (Å²) in [7, 11) is 0. The monoisotopic (exact) mass is 479 g/mol. The summed E-state index contributed by atoms with van der Waals surface area (Å²) in [5.41, 5.74) is 7.44. The Labute approximate surface area is 210 Å². The van der Waals surface area contributed by atoms with Crippen molar-refractivity contribution in [2.45, 2.75) is 57.3 Å². The van der Waals surface area contributed by atoms with E-state index in [1.807, 2.05) is 30.3 Å². The zero-order chi connectivity index (χ0) is 24.6. The molecule has 3 aromatic rings. The fraction of sp³-hybridized carbons (Fsp3) is 0.333. The van der Waals surface area contributed by atoms with Crippen molar-refractivity contribution >= 4 is 23.4 Å². The Hall–Kier alpha value is -3.80. The van der Waals surface area contributed by atoms with Crippen LogP contribution in [0.2, 0.25) is 0 Å². The molecule has 36 heavy (non-hydrogen) atoms. The summed E-state index contributed by atoms with van der Waals surface area (Å²) in [6, 6.07) is 16.6. The van der Waals surface area contributed by atoms with Crippen molar-refractivity contribution in [1.82, 2.24) is 9.88 Å². The van der Waals surface area contributed by atoms with Gasteiger partial charge in [-0.1, -0.05) is 42.5 Å². The third kappa shape index (κ3) is 4.00. The van der Waals surface area contributed by atoms with Crippen molar-refractivity contribution < 1.29 is 14.4 Å². The first-order valence-corrected chi connectivity index (χ1v) is 12.9. The number of rotatable bonds is 6. The highest BCUT2D eigenvalue weighted by atomic mass is 16.2. The maximum absolute atomic E-state index is 13.5. The van der Waals surface area contributed by atoms with Crippen molar-refractivity contribution in [2.24, 2.45) is 0 Å². The molecule has 1 atom stereocenters. The molecule has 1 aromatic heterocycles. The summed E-state index contributed by atoms with van der Waals surface area (Å²) in [5, 5.41) is 3.27. The number of fused-ring (bicyclic) bond motifs is 3. The van der Waals surface area contributed by atoms with E-state index >= 15 is 0 Å². The Morgan fingerprint density at radius 3 is 2.08 bits per heavy atom. The molecule has 6 heteroatoms. The van der Waals surface area contributed by atoms with Gasteiger partial charge in [0.05, 0.1) is 16.8 Å². The Bertz CT molecular complexity index is 1330. The lowest BCUT2D eigenvalue weighted by atomic mass is 9.91. The lowest BCUT2D eigenvalue weighted by Crippen LogP contribution is -2.35. The van der Waals surface area contributed by atoms with Crippen molar-refractivity contribution in [2.75, 3.05) is 11.9 Å². The number of imide groups is 1. The number of anilines is 1. The number of nitrogens with zero attached hydrogens (tertiary/aromatic N) is 2. The number of amides is 3. The number of nitrogens with one attached hydrogen (secondary N) is 1. The first-order valence-electron chi connectivity index (χ1n) is 12.9. The fourth-order valence-electron chi connectivity index (χ4n) is 5.95. The van der Waals surface area contributed by atoms with E-state index < -0.39 is 0 Å². The molecule has 0 bridgehead atoms. The predicted octanol–water partition coefficient (Wildman–Crippen LogP) is 4.86. The van der Waals surface area contributed by atoms with E-state index in [9.17, 15) is 14.4 Å². The first kappa shape index (κ1) is 22.7. The van der Waals surface area contributed by atoms with Crippen molar-refractivity contribution in [1.29, 1.82) is 0 Å². The molecule has 1 N–H and O–H groups in total. The topological polar surface area (TPSA) is 79.4 Å². The molecule has 0 fully saturated rings. The minimum absolute atomic E-state index is 0.0893. The minimum Gasteiger partial charge on any atom is -0.325 e. The molecule has 0 saturated heterocycles. The van der Waals surface area contributed by atoms with Crippen LogP contribution in [0.5, 0.6) is 0 Å². The van der Waals surface area contributed by atoms with Gasteiger partial charge in [-0.05, 0) is 73.8 Å². The number of aryl methyl sites for hydroxylation is 2. The van der Waals surface area contributed by atoms with Gasteiger partial charge in [0.1, 0.15) is 0 Å². The SMILES string of the molecule is O=C(CC(CN1C(=O)c2ccccc2C1=O)c1ccccc1)Nc1c2c(nc3c1CCC3)CCCC2. The first-order chi connectivity index (χ1) is 17.6. The second kappa shape index (κ2) is 9.34. The lowest BCUT2D eigenvalue weighted by Gasteiger charge is -2.25. The zero-order valence-corrected chi connectivity index (χ0v) is 20.3. The van der Waals surface area contributed by atoms with Gasteiger partial charge < -0.3 is 5.32 Å². The molecule has 3 amide bonds. The molecule has 1 unspecified atom stereocenters. The van der Waals surface area contributed by atoms with Crippen LogP contribution in [-0.2, 0) is 30.5 Å². The highest BCUT2D eigenvalue weighted by molar-refractivity contribution is 6.21. The fourth-order valence-corrected chi connectivity index (χ4v) is 5.95. The van der Waals surface area contributed by atoms with Gasteiger partial charge >= 0.3 is 0 Å². The molecule has 1 aliphatic heterocycles. The second-order valence-corrected chi connectivity index (χ2v) is 10.0. The molecular formula is C30H29N3O3. The Morgan fingerprint density at radius 1 is 0.806 bits per heavy atom. The van der Waals surface area contributed by atoms with Crippen molar-refractivity contribution in [3.8, 4) is 0 Å². The molecular weight excluding hydrogens is 450 g/mol. The normalized spacial score (nSPS) is 16.9. The zero-order valence-electron chi connectivity index (χ0n) is 20.3. The van der Waals surface area contributed by atoms with E-state index in [2.05, 4.69) is 5.32 Å². The highest BCUT2D eigenvalue weighted by Gasteiger charge is 2.37. The third-order valence-electron chi connectivity index (χ3n) is 7.75. The van der Waals surface area contributed by atoms with E-state index in [1.165, 1.54) is 16.0 Å². The predicted molar refractivity (Wildman–Crippen MR) is 137 cm³/mol. The van der Waals surface area contributed by atoms with E-state index in [4.69, 9.17) is 4.98 Å². The largest absolute Gasteiger partial charge is 0.325 e. The van der Waals surface area contributed by atoms with Crippen LogP contribution in [0.3, 0.4) is 0 Å². The number of hydrogen-bond donors (Lipinski definition) is 1. The molecule has 2 aromatic carbocycles. The number of hydrogen-bond acceptors (Lipinski definition) is 4. The van der Waals surface area contributed by atoms with E-state index in [0.29, 0.717) is 11.1 Å². The summed E-state index contributed by atoms with van der Waals surface area (Å²) in [5.74, 6) is -0.983. The van der Waals surface area contributed by atoms with Gasteiger partial charge in [0.15, 0.2) is 0 Å². The van der Waals surface area contributed by atoms with Gasteiger partial charge in [-0.25, -0.2) is 0 Å². The van der Waals surface area contributed by atoms with Gasteiger partial charge in [-0.2, -0.15) is 0 Å². The van der Waals surface area contributed by atoms with E-state index in [1.54, 1.807) is 24.3 Å². The molecule has 2 heterocycles. The van der Waals surface area contributed by atoms with Crippen LogP contribution >= 0.6 is 0 Å². The number of aromatic nitrogens is 1. The van der Waals surface area contributed by atoms with E-state index in [0.717, 1.165) is 67.6 Å². The van der Waals surface area contributed by atoms with Gasteiger partial charge in [0.25, 0.3) is 11.8 Å². The summed E-state index contributed by atoms with van der Waals surface area (Å²) in [6.07, 6.45) is 7.34. The Balaban J connectivity index is 1.27. The molecule has 0 spiro atoms. The second-order valence-electron chi connectivity index (χ2n) is 10.0. The quantitative estimate of drug-likeness (QED) is 0.512. The lowest BCUT2D eigenvalue weighted by molar-refractivity contribution is -0.116. The number of carbonyl (C=O) groups excluding carboxylic acids is 3. The number of pyridine rings is 1. The Morgan fingerprint density at radius 2 is 1.39 bits per heavy atom. The van der Waals surface area contributed by atoms with Crippen LogP contribution in [0, 0.1) is 0 Å². The van der Waals surface area contributed by atoms with Crippen LogP contribution in [0.4, 0.5) is 5.69 Å². The Kier molecular flexibility index (Phi) is 5.88. The van der Waals surface area contributed by atoms with Gasteiger partial charge in [-0.3, -0.25) is 24.3 Å². The summed E-state index contributed by atoms with van der Waals surface area (Å²) < 4.78 is 0. The maximum atomic E-state index is 13.5. The molecule has 0 radical (unpaired) electrons. The smallest absolute Gasteiger partial charge is 0.261 e. The van der Waals surface area contributed by atoms with Crippen LogP contribution in [0.25, 0.3) is 0 Å². The molecule has 6 rings (SSSR count). The van der Waals surface area contributed by atoms with Gasteiger partial charge in [0.2, 0.25) is 5.91 Å². The summed E-state index contributed by atoms with van der Waals surface area (Å²) >= 11 is 0. The van der Waals surface area contributed by atoms with Crippen LogP contribution in [0.15, 0.2) is 54.6 Å². The summed E-state index contributed by atoms with van der Waals surface area (Å²) in [6.45, 7) is 0.163. The average molecular weight is 480 g/mol. The summed E-state index contributed by atoms with van der Waals surface area (Å²) in [4.78, 5) is 45.8. The maximum Gasteiger partial charge on any atom is 0.261 e. The van der Waals surface area contributed by atoms with Gasteiger partial charge in [-0.15, -0.1) is 0 Å². The van der Waals surface area contributed by atoms with Crippen molar-refractivity contribution in [3.05, 3.63) is 93.8 Å².